The summed E-state index contributed by atoms with van der Waals surface area (Å²) in [6, 6.07) is 5.00. The number of rotatable bonds is 9. The molecule has 1 N–H and O–H groups in total. The molecule has 1 aromatic rings. The lowest BCUT2D eigenvalue weighted by atomic mass is 10.1. The number of nitrogens with zero attached hydrogens (tertiary/aromatic N) is 1. The van der Waals surface area contributed by atoms with E-state index >= 15 is 0 Å². The maximum absolute atomic E-state index is 14.0. The van der Waals surface area contributed by atoms with E-state index in [1.807, 2.05) is 27.1 Å². The average molecular weight is 282 g/mol. The molecule has 0 bridgehead atoms. The van der Waals surface area contributed by atoms with Crippen LogP contribution in [0.25, 0.3) is 0 Å². The third-order valence-electron chi connectivity index (χ3n) is 3.15. The molecule has 0 fully saturated rings. The van der Waals surface area contributed by atoms with Gasteiger partial charge in [-0.15, -0.1) is 0 Å². The zero-order valence-corrected chi connectivity index (χ0v) is 13.1. The monoisotopic (exact) mass is 282 g/mol. The average Bonchev–Trinajstić information content (AvgIpc) is 2.41. The summed E-state index contributed by atoms with van der Waals surface area (Å²) in [6.07, 6.45) is 1.96. The van der Waals surface area contributed by atoms with Crippen LogP contribution in [0.15, 0.2) is 18.2 Å². The predicted molar refractivity (Wildman–Crippen MR) is 81.8 cm³/mol. The van der Waals surface area contributed by atoms with Gasteiger partial charge in [0.15, 0.2) is 0 Å². The Hall–Kier alpha value is -1.13. The summed E-state index contributed by atoms with van der Waals surface area (Å²) in [6.45, 7) is 6.51. The number of hydrogen-bond donors (Lipinski definition) is 1. The molecule has 1 aromatic carbocycles. The van der Waals surface area contributed by atoms with Crippen molar-refractivity contribution in [3.63, 3.8) is 0 Å². The third kappa shape index (κ3) is 5.47. The van der Waals surface area contributed by atoms with E-state index in [0.717, 1.165) is 25.9 Å². The van der Waals surface area contributed by atoms with Crippen LogP contribution < -0.4 is 10.1 Å². The highest BCUT2D eigenvalue weighted by atomic mass is 19.1. The Morgan fingerprint density at radius 1 is 1.35 bits per heavy atom. The van der Waals surface area contributed by atoms with Crippen LogP contribution in [0.2, 0.25) is 0 Å². The van der Waals surface area contributed by atoms with Crippen molar-refractivity contribution in [1.29, 1.82) is 0 Å². The Labute approximate surface area is 122 Å². The van der Waals surface area contributed by atoms with Gasteiger partial charge in [0.05, 0.1) is 6.61 Å². The minimum atomic E-state index is -0.203. The van der Waals surface area contributed by atoms with Crippen molar-refractivity contribution in [3.05, 3.63) is 29.6 Å². The van der Waals surface area contributed by atoms with Crippen molar-refractivity contribution in [2.75, 3.05) is 33.8 Å². The SMILES string of the molecule is CCCNC(C)c1c(F)cccc1OCCCN(C)C. The highest BCUT2D eigenvalue weighted by molar-refractivity contribution is 5.37. The maximum Gasteiger partial charge on any atom is 0.131 e. The Morgan fingerprint density at radius 2 is 2.10 bits per heavy atom. The molecule has 0 spiro atoms. The molecule has 0 saturated heterocycles. The molecule has 0 aromatic heterocycles. The second-order valence-electron chi connectivity index (χ2n) is 5.33. The van der Waals surface area contributed by atoms with Gasteiger partial charge in [0.2, 0.25) is 0 Å². The van der Waals surface area contributed by atoms with Crippen molar-refractivity contribution >= 4 is 0 Å². The minimum absolute atomic E-state index is 0.0417. The van der Waals surface area contributed by atoms with E-state index in [-0.39, 0.29) is 11.9 Å². The molecule has 0 aliphatic heterocycles. The highest BCUT2D eigenvalue weighted by Crippen LogP contribution is 2.28. The smallest absolute Gasteiger partial charge is 0.131 e. The largest absolute Gasteiger partial charge is 0.493 e. The lowest BCUT2D eigenvalue weighted by Crippen LogP contribution is -2.21. The van der Waals surface area contributed by atoms with Gasteiger partial charge in [-0.2, -0.15) is 0 Å². The van der Waals surface area contributed by atoms with Gasteiger partial charge < -0.3 is 15.0 Å². The number of halogens is 1. The third-order valence-corrected chi connectivity index (χ3v) is 3.15. The fourth-order valence-electron chi connectivity index (χ4n) is 2.09. The minimum Gasteiger partial charge on any atom is -0.493 e. The van der Waals surface area contributed by atoms with E-state index in [4.69, 9.17) is 4.74 Å². The van der Waals surface area contributed by atoms with Gasteiger partial charge in [-0.1, -0.05) is 13.0 Å². The molecule has 20 heavy (non-hydrogen) atoms. The molecule has 0 amide bonds. The summed E-state index contributed by atoms with van der Waals surface area (Å²) >= 11 is 0. The van der Waals surface area contributed by atoms with Crippen LogP contribution in [0.5, 0.6) is 5.75 Å². The Morgan fingerprint density at radius 3 is 2.75 bits per heavy atom. The molecule has 4 heteroatoms. The molecule has 0 heterocycles. The molecule has 0 aliphatic carbocycles. The molecule has 114 valence electrons. The van der Waals surface area contributed by atoms with Gasteiger partial charge in [0.1, 0.15) is 11.6 Å². The lowest BCUT2D eigenvalue weighted by Gasteiger charge is -2.19. The zero-order valence-electron chi connectivity index (χ0n) is 13.1. The molecule has 1 unspecified atom stereocenters. The molecule has 1 rings (SSSR count). The second kappa shape index (κ2) is 8.93. The van der Waals surface area contributed by atoms with Crippen molar-refractivity contribution in [3.8, 4) is 5.75 Å². The fraction of sp³-hybridized carbons (Fsp3) is 0.625. The van der Waals surface area contributed by atoms with Gasteiger partial charge in [-0.25, -0.2) is 4.39 Å². The number of benzene rings is 1. The van der Waals surface area contributed by atoms with E-state index in [1.54, 1.807) is 6.07 Å². The lowest BCUT2D eigenvalue weighted by molar-refractivity contribution is 0.275. The first-order chi connectivity index (χ1) is 9.56. The summed E-state index contributed by atoms with van der Waals surface area (Å²) in [5.41, 5.74) is 0.630. The molecule has 3 nitrogen and oxygen atoms in total. The molecule has 0 radical (unpaired) electrons. The Kier molecular flexibility index (Phi) is 7.55. The summed E-state index contributed by atoms with van der Waals surface area (Å²) in [7, 11) is 4.06. The first-order valence-electron chi connectivity index (χ1n) is 7.35. The Balaban J connectivity index is 2.67. The summed E-state index contributed by atoms with van der Waals surface area (Å²) < 4.78 is 19.8. The summed E-state index contributed by atoms with van der Waals surface area (Å²) in [5, 5.41) is 3.31. The van der Waals surface area contributed by atoms with Gasteiger partial charge in [0.25, 0.3) is 0 Å². The van der Waals surface area contributed by atoms with Gasteiger partial charge in [-0.3, -0.25) is 0 Å². The van der Waals surface area contributed by atoms with E-state index in [9.17, 15) is 4.39 Å². The van der Waals surface area contributed by atoms with Crippen LogP contribution in [-0.2, 0) is 0 Å². The number of hydrogen-bond acceptors (Lipinski definition) is 3. The molecule has 0 saturated carbocycles. The van der Waals surface area contributed by atoms with Gasteiger partial charge >= 0.3 is 0 Å². The topological polar surface area (TPSA) is 24.5 Å². The maximum atomic E-state index is 14.0. The molecule has 0 aliphatic rings. The normalized spacial score (nSPS) is 12.7. The van der Waals surface area contributed by atoms with Crippen LogP contribution in [0, 0.1) is 5.82 Å². The van der Waals surface area contributed by atoms with Crippen molar-refractivity contribution < 1.29 is 9.13 Å². The van der Waals surface area contributed by atoms with Crippen LogP contribution >= 0.6 is 0 Å². The van der Waals surface area contributed by atoms with E-state index in [0.29, 0.717) is 17.9 Å². The number of nitrogens with one attached hydrogen (secondary N) is 1. The quantitative estimate of drug-likeness (QED) is 0.704. The van der Waals surface area contributed by atoms with E-state index in [1.165, 1.54) is 6.07 Å². The van der Waals surface area contributed by atoms with E-state index < -0.39 is 0 Å². The van der Waals surface area contributed by atoms with Crippen molar-refractivity contribution in [2.24, 2.45) is 0 Å². The second-order valence-corrected chi connectivity index (χ2v) is 5.33. The van der Waals surface area contributed by atoms with Crippen LogP contribution in [0.4, 0.5) is 4.39 Å². The standard InChI is InChI=1S/C16H27FN2O/c1-5-10-18-13(2)16-14(17)8-6-9-15(16)20-12-7-11-19(3)4/h6,8-9,13,18H,5,7,10-12H2,1-4H3. The fourth-order valence-corrected chi connectivity index (χ4v) is 2.09. The Bertz CT molecular complexity index is 396. The van der Waals surface area contributed by atoms with Crippen molar-refractivity contribution in [1.82, 2.24) is 10.2 Å². The van der Waals surface area contributed by atoms with Crippen LogP contribution in [0.1, 0.15) is 38.3 Å². The van der Waals surface area contributed by atoms with Crippen molar-refractivity contribution in [2.45, 2.75) is 32.7 Å². The van der Waals surface area contributed by atoms with Gasteiger partial charge in [0, 0.05) is 18.2 Å². The van der Waals surface area contributed by atoms with Gasteiger partial charge in [-0.05, 0) is 52.5 Å². The number of ether oxygens (including phenoxy) is 1. The summed E-state index contributed by atoms with van der Waals surface area (Å²) in [5.74, 6) is 0.450. The summed E-state index contributed by atoms with van der Waals surface area (Å²) in [4.78, 5) is 2.11. The molecule has 1 atom stereocenters. The molecular weight excluding hydrogens is 255 g/mol. The van der Waals surface area contributed by atoms with Crippen LogP contribution in [-0.4, -0.2) is 38.7 Å². The first kappa shape index (κ1) is 16.9. The van der Waals surface area contributed by atoms with E-state index in [2.05, 4.69) is 17.1 Å². The first-order valence-corrected chi connectivity index (χ1v) is 7.35. The highest BCUT2D eigenvalue weighted by Gasteiger charge is 2.16. The predicted octanol–water partition coefficient (Wildman–Crippen LogP) is 3.22. The van der Waals surface area contributed by atoms with Crippen LogP contribution in [0.3, 0.4) is 0 Å². The zero-order chi connectivity index (χ0) is 15.0. The molecular formula is C16H27FN2O.